The van der Waals surface area contributed by atoms with Crippen LogP contribution in [0.25, 0.3) is 0 Å². The molecule has 0 aromatic heterocycles. The van der Waals surface area contributed by atoms with Crippen molar-refractivity contribution in [3.8, 4) is 0 Å². The normalized spacial score (nSPS) is 35.0. The van der Waals surface area contributed by atoms with Gasteiger partial charge in [0.2, 0.25) is 0 Å². The molecule has 0 radical (unpaired) electrons. The minimum absolute atomic E-state index is 0.0868. The van der Waals surface area contributed by atoms with Crippen LogP contribution in [-0.4, -0.2) is 42.8 Å². The first kappa shape index (κ1) is 16.2. The van der Waals surface area contributed by atoms with Gasteiger partial charge in [0.1, 0.15) is 0 Å². The Morgan fingerprint density at radius 1 is 1.15 bits per heavy atom. The Kier molecular flexibility index (Phi) is 5.46. The van der Waals surface area contributed by atoms with Crippen LogP contribution in [0, 0.1) is 17.8 Å². The summed E-state index contributed by atoms with van der Waals surface area (Å²) in [5, 5.41) is 0. The molecule has 4 nitrogen and oxygen atoms in total. The van der Waals surface area contributed by atoms with Crippen LogP contribution in [0.15, 0.2) is 0 Å². The molecule has 1 saturated carbocycles. The minimum atomic E-state index is 0.0868. The summed E-state index contributed by atoms with van der Waals surface area (Å²) in [6.45, 7) is 13.2. The number of ether oxygens (including phenoxy) is 1. The van der Waals surface area contributed by atoms with Gasteiger partial charge in [0.05, 0.1) is 13.2 Å². The molecule has 2 aliphatic rings. The van der Waals surface area contributed by atoms with Crippen molar-refractivity contribution in [3.05, 3.63) is 0 Å². The van der Waals surface area contributed by atoms with Crippen LogP contribution < -0.4 is 11.3 Å². The fraction of sp³-hybridized carbons (Fsp3) is 1.00. The first-order chi connectivity index (χ1) is 9.46. The molecule has 118 valence electrons. The van der Waals surface area contributed by atoms with Gasteiger partial charge in [0.25, 0.3) is 0 Å². The topological polar surface area (TPSA) is 50.5 Å². The second kappa shape index (κ2) is 6.73. The van der Waals surface area contributed by atoms with Gasteiger partial charge in [-0.1, -0.05) is 20.3 Å². The van der Waals surface area contributed by atoms with Crippen LogP contribution in [0.1, 0.15) is 47.0 Å². The molecule has 0 aromatic carbocycles. The number of nitrogens with one attached hydrogen (secondary N) is 1. The molecule has 2 rings (SSSR count). The highest BCUT2D eigenvalue weighted by molar-refractivity contribution is 4.98. The third kappa shape index (κ3) is 3.35. The molecule has 0 spiro atoms. The van der Waals surface area contributed by atoms with E-state index in [-0.39, 0.29) is 5.54 Å². The van der Waals surface area contributed by atoms with Crippen LogP contribution in [0.4, 0.5) is 0 Å². The van der Waals surface area contributed by atoms with Gasteiger partial charge in [-0.15, -0.1) is 0 Å². The van der Waals surface area contributed by atoms with Crippen LogP contribution in [-0.2, 0) is 4.74 Å². The summed E-state index contributed by atoms with van der Waals surface area (Å²) in [5.41, 5.74) is 3.25. The number of rotatable bonds is 4. The molecule has 0 bridgehead atoms. The second-order valence-corrected chi connectivity index (χ2v) is 7.43. The summed E-state index contributed by atoms with van der Waals surface area (Å²) >= 11 is 0. The minimum Gasteiger partial charge on any atom is -0.379 e. The first-order valence-electron chi connectivity index (χ1n) is 8.25. The van der Waals surface area contributed by atoms with Crippen LogP contribution >= 0.6 is 0 Å². The Morgan fingerprint density at radius 2 is 1.80 bits per heavy atom. The molecule has 1 aliphatic carbocycles. The van der Waals surface area contributed by atoms with Gasteiger partial charge < -0.3 is 4.74 Å². The Bertz CT molecular complexity index is 302. The van der Waals surface area contributed by atoms with E-state index < -0.39 is 0 Å². The van der Waals surface area contributed by atoms with Crippen molar-refractivity contribution in [2.24, 2.45) is 23.6 Å². The molecular formula is C16H33N3O. The molecule has 4 unspecified atom stereocenters. The lowest BCUT2D eigenvalue weighted by Gasteiger charge is -2.49. The molecule has 3 N–H and O–H groups in total. The van der Waals surface area contributed by atoms with Crippen molar-refractivity contribution in [2.75, 3.05) is 26.3 Å². The van der Waals surface area contributed by atoms with E-state index in [4.69, 9.17) is 10.6 Å². The van der Waals surface area contributed by atoms with Crippen molar-refractivity contribution >= 4 is 0 Å². The fourth-order valence-electron chi connectivity index (χ4n) is 4.15. The van der Waals surface area contributed by atoms with E-state index in [0.29, 0.717) is 12.0 Å². The van der Waals surface area contributed by atoms with Crippen molar-refractivity contribution in [1.29, 1.82) is 0 Å². The van der Waals surface area contributed by atoms with Gasteiger partial charge in [-0.25, -0.2) is 0 Å². The zero-order chi connectivity index (χ0) is 14.8. The summed E-state index contributed by atoms with van der Waals surface area (Å²) in [7, 11) is 0. The van der Waals surface area contributed by atoms with E-state index in [1.54, 1.807) is 0 Å². The predicted molar refractivity (Wildman–Crippen MR) is 83.3 cm³/mol. The maximum absolute atomic E-state index is 5.97. The van der Waals surface area contributed by atoms with Crippen LogP contribution in [0.3, 0.4) is 0 Å². The van der Waals surface area contributed by atoms with Crippen LogP contribution in [0.2, 0.25) is 0 Å². The van der Waals surface area contributed by atoms with E-state index in [0.717, 1.165) is 38.1 Å². The number of hydrogen-bond donors (Lipinski definition) is 2. The maximum atomic E-state index is 5.97. The Balaban J connectivity index is 2.05. The Hall–Kier alpha value is -0.160. The van der Waals surface area contributed by atoms with E-state index in [1.807, 2.05) is 0 Å². The lowest BCUT2D eigenvalue weighted by molar-refractivity contribution is -0.0375. The lowest BCUT2D eigenvalue weighted by atomic mass is 9.69. The van der Waals surface area contributed by atoms with E-state index in [2.05, 4.69) is 38.0 Å². The van der Waals surface area contributed by atoms with Crippen molar-refractivity contribution < 1.29 is 4.74 Å². The van der Waals surface area contributed by atoms with Gasteiger partial charge >= 0.3 is 0 Å². The smallest absolute Gasteiger partial charge is 0.0594 e. The van der Waals surface area contributed by atoms with E-state index in [1.165, 1.54) is 19.3 Å². The fourth-order valence-corrected chi connectivity index (χ4v) is 4.15. The van der Waals surface area contributed by atoms with E-state index >= 15 is 0 Å². The molecule has 0 amide bonds. The largest absolute Gasteiger partial charge is 0.379 e. The summed E-state index contributed by atoms with van der Waals surface area (Å²) in [5.74, 6) is 8.32. The Morgan fingerprint density at radius 3 is 2.35 bits per heavy atom. The number of hydrazine groups is 1. The SMILES string of the molecule is CC1CCC(C(NN)C(C)(C)N2CCOCC2)CC1C. The number of nitrogens with two attached hydrogens (primary N) is 1. The Labute approximate surface area is 124 Å². The quantitative estimate of drug-likeness (QED) is 0.612. The third-order valence-electron chi connectivity index (χ3n) is 5.88. The lowest BCUT2D eigenvalue weighted by Crippen LogP contribution is -2.64. The maximum Gasteiger partial charge on any atom is 0.0594 e. The molecule has 1 saturated heterocycles. The van der Waals surface area contributed by atoms with Crippen molar-refractivity contribution in [2.45, 2.75) is 58.5 Å². The molecule has 0 aromatic rings. The zero-order valence-corrected chi connectivity index (χ0v) is 13.7. The highest BCUT2D eigenvalue weighted by atomic mass is 16.5. The van der Waals surface area contributed by atoms with Crippen molar-refractivity contribution in [1.82, 2.24) is 10.3 Å². The van der Waals surface area contributed by atoms with Gasteiger partial charge in [-0.3, -0.25) is 16.2 Å². The van der Waals surface area contributed by atoms with Crippen molar-refractivity contribution in [3.63, 3.8) is 0 Å². The summed E-state index contributed by atoms with van der Waals surface area (Å²) in [6.07, 6.45) is 3.93. The summed E-state index contributed by atoms with van der Waals surface area (Å²) < 4.78 is 5.49. The predicted octanol–water partition coefficient (Wildman–Crippen LogP) is 2.00. The molecule has 20 heavy (non-hydrogen) atoms. The monoisotopic (exact) mass is 283 g/mol. The zero-order valence-electron chi connectivity index (χ0n) is 13.7. The highest BCUT2D eigenvalue weighted by Crippen LogP contribution is 2.38. The summed E-state index contributed by atoms with van der Waals surface area (Å²) in [6, 6.07) is 0.357. The number of morpholine rings is 1. The van der Waals surface area contributed by atoms with Gasteiger partial charge in [-0.2, -0.15) is 0 Å². The molecular weight excluding hydrogens is 250 g/mol. The standard InChI is InChI=1S/C16H33N3O/c1-12-5-6-14(11-13(12)2)15(18-17)16(3,4)19-7-9-20-10-8-19/h12-15,18H,5-11,17H2,1-4H3. The summed E-state index contributed by atoms with van der Waals surface area (Å²) in [4.78, 5) is 2.55. The third-order valence-corrected chi connectivity index (χ3v) is 5.88. The molecule has 2 fully saturated rings. The van der Waals surface area contributed by atoms with Gasteiger partial charge in [0.15, 0.2) is 0 Å². The first-order valence-corrected chi connectivity index (χ1v) is 8.25. The molecule has 1 aliphatic heterocycles. The number of hydrogen-bond acceptors (Lipinski definition) is 4. The van der Waals surface area contributed by atoms with Gasteiger partial charge in [-0.05, 0) is 44.4 Å². The molecule has 1 heterocycles. The average Bonchev–Trinajstić information content (AvgIpc) is 2.44. The molecule has 4 heteroatoms. The average molecular weight is 283 g/mol. The van der Waals surface area contributed by atoms with E-state index in [9.17, 15) is 0 Å². The van der Waals surface area contributed by atoms with Crippen LogP contribution in [0.5, 0.6) is 0 Å². The second-order valence-electron chi connectivity index (χ2n) is 7.43. The van der Waals surface area contributed by atoms with Gasteiger partial charge in [0, 0.05) is 24.7 Å². The highest BCUT2D eigenvalue weighted by Gasteiger charge is 2.41. The number of nitrogens with zero attached hydrogens (tertiary/aromatic N) is 1. The molecule has 4 atom stereocenters.